The standard InChI is InChI=1S/C19H22N4O/c24-19(22-11-4-1-5-12-22)16-7-6-10-21-18(16)23-13-15(14-23)17-8-2-3-9-20-17/h2-3,6-10,15H,1,4-5,11-14H2. The molecule has 0 aliphatic carbocycles. The van der Waals surface area contributed by atoms with Crippen molar-refractivity contribution in [1.82, 2.24) is 14.9 Å². The Morgan fingerprint density at radius 2 is 1.75 bits per heavy atom. The molecule has 2 aromatic rings. The van der Waals surface area contributed by atoms with Gasteiger partial charge in [-0.15, -0.1) is 0 Å². The fourth-order valence-corrected chi connectivity index (χ4v) is 3.54. The zero-order chi connectivity index (χ0) is 16.4. The second-order valence-corrected chi connectivity index (χ2v) is 6.58. The number of aromatic nitrogens is 2. The van der Waals surface area contributed by atoms with E-state index in [4.69, 9.17) is 0 Å². The van der Waals surface area contributed by atoms with Crippen LogP contribution in [0.4, 0.5) is 5.82 Å². The molecule has 2 saturated heterocycles. The Hall–Kier alpha value is -2.43. The van der Waals surface area contributed by atoms with Crippen molar-refractivity contribution < 1.29 is 4.79 Å². The van der Waals surface area contributed by atoms with E-state index in [1.54, 1.807) is 6.20 Å². The maximum atomic E-state index is 12.9. The van der Waals surface area contributed by atoms with Crippen molar-refractivity contribution in [2.75, 3.05) is 31.1 Å². The number of carbonyl (C=O) groups is 1. The van der Waals surface area contributed by atoms with E-state index in [1.807, 2.05) is 35.4 Å². The summed E-state index contributed by atoms with van der Waals surface area (Å²) in [6.07, 6.45) is 7.04. The Morgan fingerprint density at radius 3 is 2.50 bits per heavy atom. The van der Waals surface area contributed by atoms with Crippen molar-refractivity contribution in [3.05, 3.63) is 54.0 Å². The van der Waals surface area contributed by atoms with Gasteiger partial charge >= 0.3 is 0 Å². The number of nitrogens with zero attached hydrogens (tertiary/aromatic N) is 4. The summed E-state index contributed by atoms with van der Waals surface area (Å²) in [4.78, 5) is 26.0. The van der Waals surface area contributed by atoms with Crippen LogP contribution < -0.4 is 4.90 Å². The van der Waals surface area contributed by atoms with Crippen molar-refractivity contribution >= 4 is 11.7 Å². The Balaban J connectivity index is 1.50. The summed E-state index contributed by atoms with van der Waals surface area (Å²) in [6.45, 7) is 3.47. The van der Waals surface area contributed by atoms with Gasteiger partial charge < -0.3 is 9.80 Å². The molecule has 2 aromatic heterocycles. The first kappa shape index (κ1) is 15.1. The fraction of sp³-hybridized carbons (Fsp3) is 0.421. The molecule has 0 saturated carbocycles. The number of carbonyl (C=O) groups excluding carboxylic acids is 1. The molecule has 0 aromatic carbocycles. The van der Waals surface area contributed by atoms with Gasteiger partial charge in [0.1, 0.15) is 5.82 Å². The molecule has 0 atom stereocenters. The molecule has 2 aliphatic rings. The van der Waals surface area contributed by atoms with Crippen LogP contribution in [0.25, 0.3) is 0 Å². The highest BCUT2D eigenvalue weighted by molar-refractivity contribution is 5.99. The lowest BCUT2D eigenvalue weighted by molar-refractivity contribution is 0.0724. The normalized spacial score (nSPS) is 18.3. The smallest absolute Gasteiger partial charge is 0.257 e. The van der Waals surface area contributed by atoms with Crippen LogP contribution >= 0.6 is 0 Å². The highest BCUT2D eigenvalue weighted by atomic mass is 16.2. The minimum Gasteiger partial charge on any atom is -0.354 e. The maximum Gasteiger partial charge on any atom is 0.257 e. The first-order valence-corrected chi connectivity index (χ1v) is 8.73. The number of amides is 1. The lowest BCUT2D eigenvalue weighted by Crippen LogP contribution is -2.47. The first-order valence-electron chi connectivity index (χ1n) is 8.73. The Labute approximate surface area is 142 Å². The Bertz CT molecular complexity index is 706. The molecule has 2 fully saturated rings. The molecule has 4 rings (SSSR count). The molecule has 5 heteroatoms. The molecular weight excluding hydrogens is 300 g/mol. The third-order valence-electron chi connectivity index (χ3n) is 4.95. The summed E-state index contributed by atoms with van der Waals surface area (Å²) in [6, 6.07) is 9.80. The third-order valence-corrected chi connectivity index (χ3v) is 4.95. The van der Waals surface area contributed by atoms with Crippen LogP contribution in [-0.4, -0.2) is 47.0 Å². The lowest BCUT2D eigenvalue weighted by atomic mass is 9.95. The van der Waals surface area contributed by atoms with Crippen LogP contribution in [0, 0.1) is 0 Å². The van der Waals surface area contributed by atoms with Crippen molar-refractivity contribution in [3.63, 3.8) is 0 Å². The maximum absolute atomic E-state index is 12.9. The monoisotopic (exact) mass is 322 g/mol. The Kier molecular flexibility index (Phi) is 4.15. The lowest BCUT2D eigenvalue weighted by Gasteiger charge is -2.41. The van der Waals surface area contributed by atoms with Crippen LogP contribution in [0.5, 0.6) is 0 Å². The highest BCUT2D eigenvalue weighted by Crippen LogP contribution is 2.32. The van der Waals surface area contributed by atoms with E-state index in [0.717, 1.165) is 56.1 Å². The number of rotatable bonds is 3. The number of likely N-dealkylation sites (tertiary alicyclic amines) is 1. The quantitative estimate of drug-likeness (QED) is 0.872. The molecule has 0 N–H and O–H groups in total. The van der Waals surface area contributed by atoms with Gasteiger partial charge in [-0.2, -0.15) is 0 Å². The van der Waals surface area contributed by atoms with E-state index in [0.29, 0.717) is 5.92 Å². The van der Waals surface area contributed by atoms with Crippen LogP contribution in [-0.2, 0) is 0 Å². The SMILES string of the molecule is O=C(c1cccnc1N1CC(c2ccccn2)C1)N1CCCCC1. The highest BCUT2D eigenvalue weighted by Gasteiger charge is 2.33. The molecule has 2 aliphatic heterocycles. The van der Waals surface area contributed by atoms with Crippen LogP contribution in [0.3, 0.4) is 0 Å². The molecule has 4 heterocycles. The first-order chi connectivity index (χ1) is 11.8. The minimum absolute atomic E-state index is 0.124. The van der Waals surface area contributed by atoms with Crippen LogP contribution in [0.2, 0.25) is 0 Å². The van der Waals surface area contributed by atoms with Gasteiger partial charge in [0.15, 0.2) is 0 Å². The van der Waals surface area contributed by atoms with Gasteiger partial charge in [0.2, 0.25) is 0 Å². The molecular formula is C19H22N4O. The fourth-order valence-electron chi connectivity index (χ4n) is 3.54. The molecule has 0 unspecified atom stereocenters. The molecule has 24 heavy (non-hydrogen) atoms. The molecule has 5 nitrogen and oxygen atoms in total. The molecule has 124 valence electrons. The number of anilines is 1. The minimum atomic E-state index is 0.124. The van der Waals surface area contributed by atoms with Crippen molar-refractivity contribution in [1.29, 1.82) is 0 Å². The molecule has 1 amide bonds. The summed E-state index contributed by atoms with van der Waals surface area (Å²) in [7, 11) is 0. The molecule has 0 bridgehead atoms. The van der Waals surface area contributed by atoms with Gasteiger partial charge in [0.25, 0.3) is 5.91 Å². The number of pyridine rings is 2. The summed E-state index contributed by atoms with van der Waals surface area (Å²) in [5, 5.41) is 0. The molecule has 0 radical (unpaired) electrons. The predicted octanol–water partition coefficient (Wildman–Crippen LogP) is 2.71. The zero-order valence-corrected chi connectivity index (χ0v) is 13.8. The average molecular weight is 322 g/mol. The van der Waals surface area contributed by atoms with E-state index in [-0.39, 0.29) is 5.91 Å². The van der Waals surface area contributed by atoms with Gasteiger partial charge in [-0.05, 0) is 43.5 Å². The second kappa shape index (κ2) is 6.59. The third kappa shape index (κ3) is 2.86. The summed E-state index contributed by atoms with van der Waals surface area (Å²) >= 11 is 0. The van der Waals surface area contributed by atoms with Crippen molar-refractivity contribution in [2.45, 2.75) is 25.2 Å². The van der Waals surface area contributed by atoms with E-state index in [9.17, 15) is 4.79 Å². The molecule has 0 spiro atoms. The van der Waals surface area contributed by atoms with E-state index in [1.165, 1.54) is 6.42 Å². The van der Waals surface area contributed by atoms with E-state index >= 15 is 0 Å². The number of hydrogen-bond acceptors (Lipinski definition) is 4. The summed E-state index contributed by atoms with van der Waals surface area (Å²) in [5.74, 6) is 1.37. The summed E-state index contributed by atoms with van der Waals surface area (Å²) < 4.78 is 0. The zero-order valence-electron chi connectivity index (χ0n) is 13.8. The van der Waals surface area contributed by atoms with Gasteiger partial charge in [0.05, 0.1) is 5.56 Å². The summed E-state index contributed by atoms with van der Waals surface area (Å²) in [5.41, 5.74) is 1.85. The number of hydrogen-bond donors (Lipinski definition) is 0. The van der Waals surface area contributed by atoms with E-state index < -0.39 is 0 Å². The van der Waals surface area contributed by atoms with Gasteiger partial charge in [-0.25, -0.2) is 4.98 Å². The Morgan fingerprint density at radius 1 is 0.958 bits per heavy atom. The largest absolute Gasteiger partial charge is 0.354 e. The second-order valence-electron chi connectivity index (χ2n) is 6.58. The van der Waals surface area contributed by atoms with Crippen molar-refractivity contribution in [2.24, 2.45) is 0 Å². The topological polar surface area (TPSA) is 49.3 Å². The van der Waals surface area contributed by atoms with Gasteiger partial charge in [0, 0.05) is 50.2 Å². The van der Waals surface area contributed by atoms with Crippen LogP contribution in [0.1, 0.15) is 41.2 Å². The van der Waals surface area contributed by atoms with Gasteiger partial charge in [-0.3, -0.25) is 9.78 Å². The van der Waals surface area contributed by atoms with Gasteiger partial charge in [-0.1, -0.05) is 6.07 Å². The predicted molar refractivity (Wildman–Crippen MR) is 93.2 cm³/mol. The van der Waals surface area contributed by atoms with Crippen LogP contribution in [0.15, 0.2) is 42.7 Å². The number of piperidine rings is 1. The van der Waals surface area contributed by atoms with Crippen molar-refractivity contribution in [3.8, 4) is 0 Å². The average Bonchev–Trinajstić information content (AvgIpc) is 2.62. The van der Waals surface area contributed by atoms with E-state index in [2.05, 4.69) is 20.9 Å².